The van der Waals surface area contributed by atoms with Gasteiger partial charge in [0, 0.05) is 36.8 Å². The van der Waals surface area contributed by atoms with Crippen molar-refractivity contribution in [3.63, 3.8) is 0 Å². The standard InChI is InChI=1S/C23H32N6O2/c1-14-9-20(25-21-11-19(27-28-21)16-7-8-16)26-23(24-14)29-12-17(10-18(13-29)22(30)31)15-5-3-2-4-6-15/h9,11,15-18H,2-8,10,12-13H2,1H3,(H,30,31)(H2,24,25,26,27,28)/t17-,18+/m1/s1. The van der Waals surface area contributed by atoms with Gasteiger partial charge in [-0.05, 0) is 38.0 Å². The lowest BCUT2D eigenvalue weighted by atomic mass is 9.74. The highest BCUT2D eigenvalue weighted by Gasteiger charge is 2.37. The van der Waals surface area contributed by atoms with Crippen molar-refractivity contribution in [1.29, 1.82) is 0 Å². The molecule has 0 bridgehead atoms. The average Bonchev–Trinajstić information content (AvgIpc) is 3.53. The largest absolute Gasteiger partial charge is 0.481 e. The Hall–Kier alpha value is -2.64. The Morgan fingerprint density at radius 2 is 1.90 bits per heavy atom. The summed E-state index contributed by atoms with van der Waals surface area (Å²) in [5.74, 6) is 2.68. The third-order valence-corrected chi connectivity index (χ3v) is 7.13. The molecule has 3 fully saturated rings. The first-order valence-electron chi connectivity index (χ1n) is 11.7. The number of H-pyrrole nitrogens is 1. The van der Waals surface area contributed by atoms with Gasteiger partial charge in [-0.2, -0.15) is 10.1 Å². The van der Waals surface area contributed by atoms with Crippen LogP contribution in [-0.4, -0.2) is 44.3 Å². The van der Waals surface area contributed by atoms with Crippen molar-refractivity contribution in [3.8, 4) is 0 Å². The van der Waals surface area contributed by atoms with Crippen LogP contribution in [0.5, 0.6) is 0 Å². The zero-order valence-corrected chi connectivity index (χ0v) is 18.2. The van der Waals surface area contributed by atoms with E-state index in [-0.39, 0.29) is 5.92 Å². The molecule has 1 aliphatic heterocycles. The van der Waals surface area contributed by atoms with Crippen molar-refractivity contribution in [2.45, 2.75) is 64.2 Å². The number of aromatic nitrogens is 4. The molecule has 3 N–H and O–H groups in total. The quantitative estimate of drug-likeness (QED) is 0.637. The molecular weight excluding hydrogens is 392 g/mol. The highest BCUT2D eigenvalue weighted by atomic mass is 16.4. The number of piperidine rings is 1. The third kappa shape index (κ3) is 4.67. The van der Waals surface area contributed by atoms with Gasteiger partial charge in [-0.3, -0.25) is 9.89 Å². The Labute approximate surface area is 182 Å². The number of rotatable bonds is 6. The molecule has 8 nitrogen and oxygen atoms in total. The molecule has 166 valence electrons. The maximum absolute atomic E-state index is 11.9. The molecule has 0 amide bonds. The van der Waals surface area contributed by atoms with Gasteiger partial charge in [-0.25, -0.2) is 4.98 Å². The van der Waals surface area contributed by atoms with E-state index < -0.39 is 5.97 Å². The predicted molar refractivity (Wildman–Crippen MR) is 119 cm³/mol. The molecule has 2 saturated carbocycles. The minimum Gasteiger partial charge on any atom is -0.481 e. The Balaban J connectivity index is 1.35. The maximum atomic E-state index is 11.9. The summed E-state index contributed by atoms with van der Waals surface area (Å²) in [7, 11) is 0. The van der Waals surface area contributed by atoms with Gasteiger partial charge in [0.05, 0.1) is 11.6 Å². The maximum Gasteiger partial charge on any atom is 0.308 e. The Morgan fingerprint density at radius 3 is 2.65 bits per heavy atom. The molecule has 2 atom stereocenters. The second-order valence-corrected chi connectivity index (χ2v) is 9.63. The fourth-order valence-corrected chi connectivity index (χ4v) is 5.31. The van der Waals surface area contributed by atoms with Gasteiger partial charge in [0.2, 0.25) is 5.95 Å². The van der Waals surface area contributed by atoms with E-state index in [1.54, 1.807) is 0 Å². The van der Waals surface area contributed by atoms with Crippen molar-refractivity contribution in [1.82, 2.24) is 20.2 Å². The van der Waals surface area contributed by atoms with E-state index in [9.17, 15) is 9.90 Å². The highest BCUT2D eigenvalue weighted by molar-refractivity contribution is 5.71. The number of carbonyl (C=O) groups is 1. The van der Waals surface area contributed by atoms with Crippen LogP contribution in [0.1, 0.15) is 68.7 Å². The lowest BCUT2D eigenvalue weighted by Crippen LogP contribution is -2.46. The SMILES string of the molecule is Cc1cc(Nc2cc(C3CC3)n[nH]2)nc(N2C[C@@H](C(=O)O)C[C@@H](C3CCCCC3)C2)n1. The van der Waals surface area contributed by atoms with Gasteiger partial charge in [-0.15, -0.1) is 0 Å². The van der Waals surface area contributed by atoms with Gasteiger partial charge in [0.1, 0.15) is 11.6 Å². The molecule has 2 aromatic heterocycles. The van der Waals surface area contributed by atoms with Crippen LogP contribution in [-0.2, 0) is 4.79 Å². The van der Waals surface area contributed by atoms with Gasteiger partial charge in [0.25, 0.3) is 0 Å². The lowest BCUT2D eigenvalue weighted by molar-refractivity contribution is -0.142. The molecule has 31 heavy (non-hydrogen) atoms. The number of nitrogens with zero attached hydrogens (tertiary/aromatic N) is 4. The van der Waals surface area contributed by atoms with E-state index in [0.29, 0.717) is 36.1 Å². The van der Waals surface area contributed by atoms with Crippen LogP contribution < -0.4 is 10.2 Å². The van der Waals surface area contributed by atoms with Crippen LogP contribution in [0.15, 0.2) is 12.1 Å². The Bertz CT molecular complexity index is 934. The molecule has 2 aromatic rings. The monoisotopic (exact) mass is 424 g/mol. The number of aromatic amines is 1. The van der Waals surface area contributed by atoms with Crippen LogP contribution in [0.4, 0.5) is 17.6 Å². The summed E-state index contributed by atoms with van der Waals surface area (Å²) in [5.41, 5.74) is 1.96. The van der Waals surface area contributed by atoms with Gasteiger partial charge in [0.15, 0.2) is 0 Å². The summed E-state index contributed by atoms with van der Waals surface area (Å²) in [6, 6.07) is 3.97. The molecule has 5 rings (SSSR count). The number of carboxylic acid groups (broad SMARTS) is 1. The molecule has 0 radical (unpaired) electrons. The van der Waals surface area contributed by atoms with Crippen molar-refractivity contribution < 1.29 is 9.90 Å². The van der Waals surface area contributed by atoms with Crippen LogP contribution in [0, 0.1) is 24.7 Å². The second-order valence-electron chi connectivity index (χ2n) is 9.63. The number of aliphatic carboxylic acids is 1. The number of hydrogen-bond acceptors (Lipinski definition) is 6. The molecule has 1 saturated heterocycles. The van der Waals surface area contributed by atoms with Crippen molar-refractivity contribution in [2.75, 3.05) is 23.3 Å². The van der Waals surface area contributed by atoms with E-state index in [0.717, 1.165) is 30.2 Å². The fraction of sp³-hybridized carbons (Fsp3) is 0.652. The summed E-state index contributed by atoms with van der Waals surface area (Å²) in [6.07, 6.45) is 9.46. The highest BCUT2D eigenvalue weighted by Crippen LogP contribution is 2.40. The molecule has 0 spiro atoms. The van der Waals surface area contributed by atoms with Gasteiger partial charge in [-0.1, -0.05) is 32.1 Å². The zero-order valence-electron chi connectivity index (χ0n) is 18.2. The number of anilines is 3. The molecular formula is C23H32N6O2. The summed E-state index contributed by atoms with van der Waals surface area (Å²) in [6.45, 7) is 3.26. The van der Waals surface area contributed by atoms with Crippen LogP contribution >= 0.6 is 0 Å². The molecule has 3 aliphatic rings. The number of hydrogen-bond donors (Lipinski definition) is 3. The van der Waals surface area contributed by atoms with Crippen molar-refractivity contribution in [3.05, 3.63) is 23.5 Å². The number of carboxylic acids is 1. The predicted octanol–water partition coefficient (Wildman–Crippen LogP) is 4.24. The molecule has 8 heteroatoms. The second kappa shape index (κ2) is 8.48. The lowest BCUT2D eigenvalue weighted by Gasteiger charge is -2.41. The summed E-state index contributed by atoms with van der Waals surface area (Å²) < 4.78 is 0. The van der Waals surface area contributed by atoms with Crippen molar-refractivity contribution >= 4 is 23.6 Å². The molecule has 2 aliphatic carbocycles. The Morgan fingerprint density at radius 1 is 1.10 bits per heavy atom. The summed E-state index contributed by atoms with van der Waals surface area (Å²) in [5, 5.41) is 20.6. The van der Waals surface area contributed by atoms with Crippen molar-refractivity contribution in [2.24, 2.45) is 17.8 Å². The fourth-order valence-electron chi connectivity index (χ4n) is 5.31. The number of aryl methyl sites for hydroxylation is 1. The first kappa shape index (κ1) is 20.3. The minimum absolute atomic E-state index is 0.366. The van der Waals surface area contributed by atoms with E-state index in [1.807, 2.05) is 13.0 Å². The Kier molecular flexibility index (Phi) is 5.54. The minimum atomic E-state index is -0.707. The van der Waals surface area contributed by atoms with E-state index in [1.165, 1.54) is 44.9 Å². The molecule has 3 heterocycles. The normalized spacial score (nSPS) is 24.9. The van der Waals surface area contributed by atoms with Crippen LogP contribution in [0.25, 0.3) is 0 Å². The first-order valence-corrected chi connectivity index (χ1v) is 11.7. The van der Waals surface area contributed by atoms with E-state index in [4.69, 9.17) is 4.98 Å². The van der Waals surface area contributed by atoms with Crippen LogP contribution in [0.3, 0.4) is 0 Å². The first-order chi connectivity index (χ1) is 15.0. The number of nitrogens with one attached hydrogen (secondary N) is 2. The molecule has 0 unspecified atom stereocenters. The summed E-state index contributed by atoms with van der Waals surface area (Å²) >= 11 is 0. The average molecular weight is 425 g/mol. The smallest absolute Gasteiger partial charge is 0.308 e. The van der Waals surface area contributed by atoms with Crippen LogP contribution in [0.2, 0.25) is 0 Å². The summed E-state index contributed by atoms with van der Waals surface area (Å²) in [4.78, 5) is 23.4. The zero-order chi connectivity index (χ0) is 21.4. The molecule has 0 aromatic carbocycles. The third-order valence-electron chi connectivity index (χ3n) is 7.13. The topological polar surface area (TPSA) is 107 Å². The van der Waals surface area contributed by atoms with Gasteiger partial charge >= 0.3 is 5.97 Å². The van der Waals surface area contributed by atoms with Gasteiger partial charge < -0.3 is 15.3 Å². The van der Waals surface area contributed by atoms with E-state index >= 15 is 0 Å². The van der Waals surface area contributed by atoms with E-state index in [2.05, 4.69) is 31.5 Å².